The van der Waals surface area contributed by atoms with E-state index in [1.165, 1.54) is 11.3 Å². The van der Waals surface area contributed by atoms with Gasteiger partial charge in [0.25, 0.3) is 0 Å². The zero-order chi connectivity index (χ0) is 13.3. The molecule has 6 heteroatoms. The van der Waals surface area contributed by atoms with Crippen molar-refractivity contribution in [3.05, 3.63) is 32.2 Å². The fraction of sp³-hybridized carbons (Fsp3) is 0.333. The molecule has 0 aliphatic heterocycles. The van der Waals surface area contributed by atoms with Crippen LogP contribution in [0.25, 0.3) is 0 Å². The number of ether oxygens (including phenoxy) is 1. The Bertz CT molecular complexity index is 589. The summed E-state index contributed by atoms with van der Waals surface area (Å²) in [6.07, 6.45) is 0.314. The number of Topliss-reactive ketones (excluding diaryl/α,β-unsaturated/α-hetero) is 1. The summed E-state index contributed by atoms with van der Waals surface area (Å²) in [5, 5.41) is 6.13. The van der Waals surface area contributed by atoms with Crippen molar-refractivity contribution in [1.82, 2.24) is 9.78 Å². The quantitative estimate of drug-likeness (QED) is 0.810. The van der Waals surface area contributed by atoms with Gasteiger partial charge in [-0.1, -0.05) is 0 Å². The molecule has 0 saturated carbocycles. The lowest BCUT2D eigenvalue weighted by atomic mass is 10.2. The van der Waals surface area contributed by atoms with Crippen LogP contribution in [0.3, 0.4) is 0 Å². The molecule has 0 aliphatic carbocycles. The van der Waals surface area contributed by atoms with E-state index in [4.69, 9.17) is 4.74 Å². The van der Waals surface area contributed by atoms with Crippen LogP contribution in [0.15, 0.2) is 15.9 Å². The molecule has 0 spiro atoms. The van der Waals surface area contributed by atoms with E-state index >= 15 is 0 Å². The number of aryl methyl sites for hydroxylation is 2. The standard InChI is InChI=1S/C12H13BrN2O2S/c1-7-11(13)8(15(2)14-7)6-9(16)12-10(17-3)4-5-18-12/h4-5H,6H2,1-3H3. The number of carbonyl (C=O) groups is 1. The molecule has 0 atom stereocenters. The average molecular weight is 329 g/mol. The first kappa shape index (κ1) is 13.3. The summed E-state index contributed by atoms with van der Waals surface area (Å²) in [5.41, 5.74) is 1.77. The van der Waals surface area contributed by atoms with Crippen LogP contribution in [0.2, 0.25) is 0 Å². The van der Waals surface area contributed by atoms with E-state index in [0.717, 1.165) is 15.9 Å². The van der Waals surface area contributed by atoms with E-state index < -0.39 is 0 Å². The van der Waals surface area contributed by atoms with Crippen molar-refractivity contribution in [3.8, 4) is 5.75 Å². The summed E-state index contributed by atoms with van der Waals surface area (Å²) in [4.78, 5) is 12.9. The van der Waals surface area contributed by atoms with Gasteiger partial charge in [0.2, 0.25) is 0 Å². The molecule has 2 heterocycles. The van der Waals surface area contributed by atoms with Gasteiger partial charge in [-0.05, 0) is 34.3 Å². The maximum atomic E-state index is 12.2. The molecule has 4 nitrogen and oxygen atoms in total. The molecule has 0 amide bonds. The van der Waals surface area contributed by atoms with Gasteiger partial charge < -0.3 is 4.74 Å². The molecule has 0 bridgehead atoms. The van der Waals surface area contributed by atoms with E-state index in [2.05, 4.69) is 21.0 Å². The van der Waals surface area contributed by atoms with Crippen molar-refractivity contribution in [2.75, 3.05) is 7.11 Å². The first-order chi connectivity index (χ1) is 8.54. The van der Waals surface area contributed by atoms with E-state index in [1.807, 2.05) is 19.4 Å². The fourth-order valence-corrected chi connectivity index (χ4v) is 3.04. The van der Waals surface area contributed by atoms with Crippen LogP contribution in [0, 0.1) is 6.92 Å². The van der Waals surface area contributed by atoms with Crippen molar-refractivity contribution in [2.24, 2.45) is 7.05 Å². The summed E-state index contributed by atoms with van der Waals surface area (Å²) in [6.45, 7) is 1.91. The highest BCUT2D eigenvalue weighted by atomic mass is 79.9. The number of nitrogens with zero attached hydrogens (tertiary/aromatic N) is 2. The Kier molecular flexibility index (Phi) is 3.87. The van der Waals surface area contributed by atoms with E-state index in [9.17, 15) is 4.79 Å². The van der Waals surface area contributed by atoms with Crippen LogP contribution in [0.5, 0.6) is 5.75 Å². The number of rotatable bonds is 4. The number of hydrogen-bond donors (Lipinski definition) is 0. The van der Waals surface area contributed by atoms with E-state index in [1.54, 1.807) is 17.9 Å². The Hall–Kier alpha value is -1.14. The summed E-state index contributed by atoms with van der Waals surface area (Å²) < 4.78 is 7.80. The van der Waals surface area contributed by atoms with Crippen LogP contribution in [-0.2, 0) is 13.5 Å². The number of ketones is 1. The van der Waals surface area contributed by atoms with Crippen molar-refractivity contribution < 1.29 is 9.53 Å². The number of aromatic nitrogens is 2. The smallest absolute Gasteiger partial charge is 0.182 e. The topological polar surface area (TPSA) is 44.1 Å². The normalized spacial score (nSPS) is 10.7. The van der Waals surface area contributed by atoms with Gasteiger partial charge in [0, 0.05) is 7.05 Å². The summed E-state index contributed by atoms with van der Waals surface area (Å²) >= 11 is 4.87. The Balaban J connectivity index is 2.27. The zero-order valence-electron chi connectivity index (χ0n) is 10.4. The Labute approximate surface area is 118 Å². The number of halogens is 1. The molecule has 2 aromatic rings. The summed E-state index contributed by atoms with van der Waals surface area (Å²) in [5.74, 6) is 0.686. The van der Waals surface area contributed by atoms with Crippen LogP contribution in [0.1, 0.15) is 21.1 Å². The molecular weight excluding hydrogens is 316 g/mol. The molecular formula is C12H13BrN2O2S. The van der Waals surface area contributed by atoms with Crippen molar-refractivity contribution in [2.45, 2.75) is 13.3 Å². The molecule has 0 unspecified atom stereocenters. The highest BCUT2D eigenvalue weighted by Gasteiger charge is 2.19. The third kappa shape index (κ3) is 2.35. The average Bonchev–Trinajstić information content (AvgIpc) is 2.90. The Morgan fingerprint density at radius 3 is 2.89 bits per heavy atom. The molecule has 2 rings (SSSR count). The first-order valence-corrected chi connectivity index (χ1v) is 7.04. The lowest BCUT2D eigenvalue weighted by Crippen LogP contribution is -2.08. The minimum absolute atomic E-state index is 0.0468. The van der Waals surface area contributed by atoms with Gasteiger partial charge in [0.05, 0.1) is 29.4 Å². The van der Waals surface area contributed by atoms with Crippen LogP contribution in [0.4, 0.5) is 0 Å². The first-order valence-electron chi connectivity index (χ1n) is 5.37. The Morgan fingerprint density at radius 1 is 1.61 bits per heavy atom. The molecule has 0 radical (unpaired) electrons. The minimum atomic E-state index is 0.0468. The maximum absolute atomic E-state index is 12.2. The third-order valence-electron chi connectivity index (χ3n) is 2.69. The van der Waals surface area contributed by atoms with Crippen LogP contribution < -0.4 is 4.74 Å². The molecule has 0 N–H and O–H groups in total. The zero-order valence-corrected chi connectivity index (χ0v) is 12.8. The molecule has 96 valence electrons. The number of thiophene rings is 1. The number of methoxy groups -OCH3 is 1. The molecule has 2 aromatic heterocycles. The second kappa shape index (κ2) is 5.24. The number of hydrogen-bond acceptors (Lipinski definition) is 4. The monoisotopic (exact) mass is 328 g/mol. The van der Waals surface area contributed by atoms with Gasteiger partial charge in [-0.2, -0.15) is 5.10 Å². The van der Waals surface area contributed by atoms with Gasteiger partial charge in [0.15, 0.2) is 5.78 Å². The predicted molar refractivity (Wildman–Crippen MR) is 74.6 cm³/mol. The molecule has 0 aromatic carbocycles. The minimum Gasteiger partial charge on any atom is -0.495 e. The van der Waals surface area contributed by atoms with Crippen LogP contribution >= 0.6 is 27.3 Å². The molecule has 0 fully saturated rings. The molecule has 0 aliphatic rings. The summed E-state index contributed by atoms with van der Waals surface area (Å²) in [7, 11) is 3.41. The lowest BCUT2D eigenvalue weighted by Gasteiger charge is -2.03. The predicted octanol–water partition coefficient (Wildman–Crippen LogP) is 2.99. The number of carbonyl (C=O) groups excluding carboxylic acids is 1. The van der Waals surface area contributed by atoms with Crippen molar-refractivity contribution >= 4 is 33.0 Å². The highest BCUT2D eigenvalue weighted by molar-refractivity contribution is 9.10. The Morgan fingerprint density at radius 2 is 2.33 bits per heavy atom. The van der Waals surface area contributed by atoms with Gasteiger partial charge in [0.1, 0.15) is 10.6 Å². The van der Waals surface area contributed by atoms with Crippen molar-refractivity contribution in [1.29, 1.82) is 0 Å². The fourth-order valence-electron chi connectivity index (χ4n) is 1.77. The second-order valence-electron chi connectivity index (χ2n) is 3.89. The highest BCUT2D eigenvalue weighted by Crippen LogP contribution is 2.28. The maximum Gasteiger partial charge on any atom is 0.182 e. The van der Waals surface area contributed by atoms with Gasteiger partial charge in [-0.15, -0.1) is 11.3 Å². The van der Waals surface area contributed by atoms with Gasteiger partial charge >= 0.3 is 0 Å². The third-order valence-corrected chi connectivity index (χ3v) is 4.66. The van der Waals surface area contributed by atoms with Crippen LogP contribution in [-0.4, -0.2) is 22.7 Å². The molecule has 18 heavy (non-hydrogen) atoms. The van der Waals surface area contributed by atoms with Crippen molar-refractivity contribution in [3.63, 3.8) is 0 Å². The van der Waals surface area contributed by atoms with E-state index in [0.29, 0.717) is 17.0 Å². The SMILES string of the molecule is COc1ccsc1C(=O)Cc1c(Br)c(C)nn1C. The molecule has 0 saturated heterocycles. The second-order valence-corrected chi connectivity index (χ2v) is 5.60. The van der Waals surface area contributed by atoms with Gasteiger partial charge in [-0.3, -0.25) is 9.48 Å². The lowest BCUT2D eigenvalue weighted by molar-refractivity contribution is 0.0992. The largest absolute Gasteiger partial charge is 0.495 e. The van der Waals surface area contributed by atoms with E-state index in [-0.39, 0.29) is 5.78 Å². The summed E-state index contributed by atoms with van der Waals surface area (Å²) in [6, 6.07) is 1.81. The van der Waals surface area contributed by atoms with Gasteiger partial charge in [-0.25, -0.2) is 0 Å².